The maximum Gasteiger partial charge on any atom is 0.249 e. The number of benzene rings is 7. The topological polar surface area (TPSA) is 9.86 Å². The molecule has 0 aliphatic carbocycles. The lowest BCUT2D eigenvalue weighted by atomic mass is 9.35. The normalized spacial score (nSPS) is 14.4. The Morgan fingerprint density at radius 3 is 1.31 bits per heavy atom. The van der Waals surface area contributed by atoms with Crippen LogP contribution in [-0.4, -0.2) is 22.6 Å². The Kier molecular flexibility index (Phi) is 4.44. The van der Waals surface area contributed by atoms with E-state index in [4.69, 9.17) is 0 Å². The molecule has 13 rings (SSSR count). The summed E-state index contributed by atoms with van der Waals surface area (Å²) in [6, 6.07) is 50.8. The Balaban J connectivity index is 1.20. The molecule has 0 radical (unpaired) electrons. The smallest absolute Gasteiger partial charge is 0.249 e. The van der Waals surface area contributed by atoms with E-state index in [2.05, 4.69) is 143 Å². The van der Waals surface area contributed by atoms with E-state index in [0.717, 1.165) is 0 Å². The summed E-state index contributed by atoms with van der Waals surface area (Å²) in [5, 5.41) is 5.36. The Bertz CT molecular complexity index is 2790. The van der Waals surface area contributed by atoms with Crippen LogP contribution in [0.1, 0.15) is 0 Å². The van der Waals surface area contributed by atoms with Crippen LogP contribution in [0.5, 0.6) is 0 Å². The third kappa shape index (κ3) is 2.80. The van der Waals surface area contributed by atoms with Gasteiger partial charge in [-0.1, -0.05) is 119 Å². The van der Waals surface area contributed by atoms with Gasteiger partial charge in [-0.3, -0.25) is 0 Å². The standard InChI is InChI=1S/C42H22B2N2S2/c1-5-13-31-27(9-1)43-29-11-3-7-15-35(29)47-37-19-17-23-25-21-26-24-18-20-38-40-42(24)46(34(26)22-33(25)45(31)41(23)39(37)43)32-14-6-2-10-28(32)44(40)30-12-4-8-16-36(30)48-38/h1-22H. The summed E-state index contributed by atoms with van der Waals surface area (Å²) in [5.74, 6) is 0. The molecule has 6 heteroatoms. The van der Waals surface area contributed by atoms with Crippen LogP contribution in [0, 0.1) is 0 Å². The van der Waals surface area contributed by atoms with Crippen LogP contribution in [-0.2, 0) is 0 Å². The van der Waals surface area contributed by atoms with Gasteiger partial charge in [-0.15, -0.1) is 0 Å². The zero-order chi connectivity index (χ0) is 30.8. The molecular weight excluding hydrogens is 618 g/mol. The Morgan fingerprint density at radius 1 is 0.375 bits per heavy atom. The minimum Gasteiger partial charge on any atom is -0.310 e. The number of fused-ring (bicyclic) bond motifs is 16. The van der Waals surface area contributed by atoms with Crippen LogP contribution in [0.4, 0.5) is 0 Å². The van der Waals surface area contributed by atoms with Gasteiger partial charge in [0, 0.05) is 52.5 Å². The molecule has 9 aromatic rings. The van der Waals surface area contributed by atoms with E-state index < -0.39 is 0 Å². The predicted octanol–water partition coefficient (Wildman–Crippen LogP) is 6.47. The lowest BCUT2D eigenvalue weighted by molar-refractivity contribution is 1.17. The number of nitrogens with zero attached hydrogens (tertiary/aromatic N) is 2. The predicted molar refractivity (Wildman–Crippen MR) is 206 cm³/mol. The van der Waals surface area contributed by atoms with Gasteiger partial charge in [-0.05, 0) is 70.4 Å². The molecule has 0 amide bonds. The van der Waals surface area contributed by atoms with Crippen molar-refractivity contribution in [2.75, 3.05) is 0 Å². The first-order valence-corrected chi connectivity index (χ1v) is 18.3. The van der Waals surface area contributed by atoms with Gasteiger partial charge in [-0.25, -0.2) is 0 Å². The van der Waals surface area contributed by atoms with E-state index in [9.17, 15) is 0 Å². The second kappa shape index (κ2) is 8.51. The van der Waals surface area contributed by atoms with Crippen LogP contribution in [0.25, 0.3) is 55.0 Å². The molecular formula is C42H22B2N2S2. The molecule has 0 spiro atoms. The first-order chi connectivity index (χ1) is 23.8. The van der Waals surface area contributed by atoms with E-state index in [1.165, 1.54) is 107 Å². The first-order valence-electron chi connectivity index (χ1n) is 16.7. The van der Waals surface area contributed by atoms with E-state index in [1.54, 1.807) is 0 Å². The lowest BCUT2D eigenvalue weighted by Crippen LogP contribution is -2.58. The quantitative estimate of drug-likeness (QED) is 0.176. The Morgan fingerprint density at radius 2 is 0.812 bits per heavy atom. The molecule has 0 atom stereocenters. The number of aromatic nitrogens is 2. The lowest BCUT2D eigenvalue weighted by Gasteiger charge is -2.33. The van der Waals surface area contributed by atoms with Crippen molar-refractivity contribution in [1.82, 2.24) is 9.13 Å². The molecule has 0 bridgehead atoms. The van der Waals surface area contributed by atoms with Crippen LogP contribution in [0.3, 0.4) is 0 Å². The second-order valence-electron chi connectivity index (χ2n) is 13.6. The monoisotopic (exact) mass is 640 g/mol. The average molecular weight is 640 g/mol. The Labute approximate surface area is 285 Å². The van der Waals surface area contributed by atoms with E-state index >= 15 is 0 Å². The molecule has 0 saturated heterocycles. The highest BCUT2D eigenvalue weighted by atomic mass is 32.2. The molecule has 6 heterocycles. The fourth-order valence-electron chi connectivity index (χ4n) is 9.64. The van der Waals surface area contributed by atoms with Gasteiger partial charge in [0.25, 0.3) is 0 Å². The zero-order valence-electron chi connectivity index (χ0n) is 25.6. The summed E-state index contributed by atoms with van der Waals surface area (Å²) in [6.07, 6.45) is 0. The van der Waals surface area contributed by atoms with Crippen molar-refractivity contribution >= 4 is 113 Å². The third-order valence-electron chi connectivity index (χ3n) is 11.4. The van der Waals surface area contributed by atoms with E-state index in [-0.39, 0.29) is 13.4 Å². The molecule has 0 fully saturated rings. The number of hydrogen-bond acceptors (Lipinski definition) is 2. The molecule has 4 aliphatic rings. The van der Waals surface area contributed by atoms with E-state index in [0.29, 0.717) is 0 Å². The average Bonchev–Trinajstić information content (AvgIpc) is 3.65. The highest BCUT2D eigenvalue weighted by molar-refractivity contribution is 8.00. The third-order valence-corrected chi connectivity index (χ3v) is 13.8. The van der Waals surface area contributed by atoms with Crippen molar-refractivity contribution in [2.24, 2.45) is 0 Å². The van der Waals surface area contributed by atoms with Crippen molar-refractivity contribution in [1.29, 1.82) is 0 Å². The van der Waals surface area contributed by atoms with Gasteiger partial charge < -0.3 is 9.13 Å². The molecule has 4 aliphatic heterocycles. The summed E-state index contributed by atoms with van der Waals surface area (Å²) < 4.78 is 5.18. The minimum absolute atomic E-state index is 0.236. The van der Waals surface area contributed by atoms with Gasteiger partial charge in [0.05, 0.1) is 22.1 Å². The number of para-hydroxylation sites is 2. The first kappa shape index (κ1) is 25.0. The van der Waals surface area contributed by atoms with Gasteiger partial charge >= 0.3 is 0 Å². The molecule has 2 aromatic heterocycles. The van der Waals surface area contributed by atoms with Crippen molar-refractivity contribution in [3.8, 4) is 11.4 Å². The van der Waals surface area contributed by atoms with E-state index in [1.807, 2.05) is 23.5 Å². The maximum atomic E-state index is 2.59. The molecule has 48 heavy (non-hydrogen) atoms. The second-order valence-corrected chi connectivity index (χ2v) is 15.7. The van der Waals surface area contributed by atoms with Gasteiger partial charge in [-0.2, -0.15) is 0 Å². The van der Waals surface area contributed by atoms with Crippen LogP contribution in [0.2, 0.25) is 0 Å². The van der Waals surface area contributed by atoms with Crippen LogP contribution in [0.15, 0.2) is 153 Å². The molecule has 7 aromatic carbocycles. The van der Waals surface area contributed by atoms with Crippen molar-refractivity contribution in [3.05, 3.63) is 133 Å². The summed E-state index contributed by atoms with van der Waals surface area (Å²) in [5.41, 5.74) is 16.5. The molecule has 0 unspecified atom stereocenters. The van der Waals surface area contributed by atoms with Gasteiger partial charge in [0.15, 0.2) is 0 Å². The van der Waals surface area contributed by atoms with Gasteiger partial charge in [0.1, 0.15) is 0 Å². The van der Waals surface area contributed by atoms with Crippen molar-refractivity contribution in [3.63, 3.8) is 0 Å². The van der Waals surface area contributed by atoms with Gasteiger partial charge in [0.2, 0.25) is 13.4 Å². The summed E-state index contributed by atoms with van der Waals surface area (Å²) in [4.78, 5) is 5.50. The fraction of sp³-hybridized carbons (Fsp3) is 0. The Hall–Kier alpha value is -5.03. The molecule has 0 saturated carbocycles. The number of rotatable bonds is 0. The SMILES string of the molecule is c1ccc2c(c1)Sc1ccc3c4cc5c6ccc7c8c6n(c5cc4n4c3c1B2c1ccccc1-4)-c1ccccc1B8c1ccccc1S7. The molecule has 2 nitrogen and oxygen atoms in total. The number of hydrogen-bond donors (Lipinski definition) is 0. The maximum absolute atomic E-state index is 2.59. The summed E-state index contributed by atoms with van der Waals surface area (Å²) in [6.45, 7) is 0.471. The molecule has 218 valence electrons. The highest BCUT2D eigenvalue weighted by Gasteiger charge is 2.41. The molecule has 0 N–H and O–H groups in total. The van der Waals surface area contributed by atoms with Crippen molar-refractivity contribution < 1.29 is 0 Å². The zero-order valence-corrected chi connectivity index (χ0v) is 27.2. The summed E-state index contributed by atoms with van der Waals surface area (Å²) >= 11 is 3.85. The van der Waals surface area contributed by atoms with Crippen molar-refractivity contribution in [2.45, 2.75) is 19.6 Å². The van der Waals surface area contributed by atoms with Crippen LogP contribution >= 0.6 is 23.5 Å². The fourth-order valence-corrected chi connectivity index (χ4v) is 11.9. The van der Waals surface area contributed by atoms with Crippen LogP contribution < -0.4 is 32.8 Å². The highest BCUT2D eigenvalue weighted by Crippen LogP contribution is 2.44. The summed E-state index contributed by atoms with van der Waals surface area (Å²) in [7, 11) is 0. The largest absolute Gasteiger partial charge is 0.310 e. The minimum atomic E-state index is 0.236.